The van der Waals surface area contributed by atoms with Crippen LogP contribution in [-0.4, -0.2) is 36.9 Å². The molecule has 1 saturated heterocycles. The molecule has 1 atom stereocenters. The van der Waals surface area contributed by atoms with Crippen molar-refractivity contribution in [1.82, 2.24) is 4.90 Å². The molecule has 1 aliphatic rings. The van der Waals surface area contributed by atoms with Crippen LogP contribution in [0, 0.1) is 5.92 Å². The molecule has 70 valence electrons. The van der Waals surface area contributed by atoms with Gasteiger partial charge in [-0.15, -0.1) is 0 Å². The van der Waals surface area contributed by atoms with E-state index in [2.05, 4.69) is 4.90 Å². The molecule has 12 heavy (non-hydrogen) atoms. The van der Waals surface area contributed by atoms with E-state index in [4.69, 9.17) is 5.73 Å². The molecule has 1 fully saturated rings. The Morgan fingerprint density at radius 3 is 2.92 bits per heavy atom. The highest BCUT2D eigenvalue weighted by Crippen LogP contribution is 2.14. The summed E-state index contributed by atoms with van der Waals surface area (Å²) in [5.41, 5.74) is 5.56. The third-order valence-electron chi connectivity index (χ3n) is 2.48. The average molecular weight is 170 g/mol. The van der Waals surface area contributed by atoms with Gasteiger partial charge in [-0.25, -0.2) is 0 Å². The number of likely N-dealkylation sites (tertiary alicyclic amines) is 1. The predicted octanol–water partition coefficient (Wildman–Crippen LogP) is 0.246. The van der Waals surface area contributed by atoms with Crippen LogP contribution in [0.5, 0.6) is 0 Å². The van der Waals surface area contributed by atoms with Gasteiger partial charge in [-0.05, 0) is 32.4 Å². The van der Waals surface area contributed by atoms with Crippen LogP contribution in [0.4, 0.5) is 0 Å². The van der Waals surface area contributed by atoms with Gasteiger partial charge in [0.2, 0.25) is 0 Å². The fraction of sp³-hybridized carbons (Fsp3) is 0.889. The molecule has 0 aromatic rings. The van der Waals surface area contributed by atoms with E-state index in [-0.39, 0.29) is 5.78 Å². The molecule has 0 aliphatic carbocycles. The number of Topliss-reactive ketones (excluding diaryl/α,β-unsaturated/α-hetero) is 1. The molecule has 2 N–H and O–H groups in total. The Morgan fingerprint density at radius 2 is 2.42 bits per heavy atom. The lowest BCUT2D eigenvalue weighted by Crippen LogP contribution is -2.25. The highest BCUT2D eigenvalue weighted by molar-refractivity contribution is 5.75. The summed E-state index contributed by atoms with van der Waals surface area (Å²) in [4.78, 5) is 13.0. The summed E-state index contributed by atoms with van der Waals surface area (Å²) in [5.74, 6) is 0.947. The van der Waals surface area contributed by atoms with Gasteiger partial charge in [-0.3, -0.25) is 4.79 Å². The maximum atomic E-state index is 10.7. The van der Waals surface area contributed by atoms with Crippen molar-refractivity contribution >= 4 is 5.78 Å². The average Bonchev–Trinajstić information content (AvgIpc) is 2.48. The van der Waals surface area contributed by atoms with Crippen molar-refractivity contribution in [2.24, 2.45) is 11.7 Å². The molecule has 0 saturated carbocycles. The smallest absolute Gasteiger partial charge is 0.131 e. The van der Waals surface area contributed by atoms with Crippen molar-refractivity contribution in [3.8, 4) is 0 Å². The highest BCUT2D eigenvalue weighted by atomic mass is 16.1. The summed E-state index contributed by atoms with van der Waals surface area (Å²) >= 11 is 0. The van der Waals surface area contributed by atoms with E-state index >= 15 is 0 Å². The number of carbonyl (C=O) groups is 1. The molecule has 0 spiro atoms. The van der Waals surface area contributed by atoms with Gasteiger partial charge in [0.1, 0.15) is 5.78 Å². The minimum atomic E-state index is 0.284. The van der Waals surface area contributed by atoms with Gasteiger partial charge in [0.05, 0.1) is 0 Å². The molecule has 0 bridgehead atoms. The van der Waals surface area contributed by atoms with Crippen molar-refractivity contribution in [3.63, 3.8) is 0 Å². The molecule has 0 aromatic carbocycles. The number of ketones is 1. The van der Waals surface area contributed by atoms with Crippen LogP contribution in [0.1, 0.15) is 19.8 Å². The highest BCUT2D eigenvalue weighted by Gasteiger charge is 2.20. The zero-order valence-corrected chi connectivity index (χ0v) is 7.75. The number of nitrogens with two attached hydrogens (primary N) is 1. The number of hydrogen-bond donors (Lipinski definition) is 1. The van der Waals surface area contributed by atoms with Gasteiger partial charge in [0.15, 0.2) is 0 Å². The van der Waals surface area contributed by atoms with Crippen LogP contribution < -0.4 is 5.73 Å². The molecule has 3 heteroatoms. The third-order valence-corrected chi connectivity index (χ3v) is 2.48. The van der Waals surface area contributed by atoms with Crippen molar-refractivity contribution in [1.29, 1.82) is 0 Å². The van der Waals surface area contributed by atoms with E-state index in [9.17, 15) is 4.79 Å². The Morgan fingerprint density at radius 1 is 1.67 bits per heavy atom. The Kier molecular flexibility index (Phi) is 3.69. The van der Waals surface area contributed by atoms with Crippen molar-refractivity contribution in [2.75, 3.05) is 26.2 Å². The predicted molar refractivity (Wildman–Crippen MR) is 48.9 cm³/mol. The number of carbonyl (C=O) groups excluding carboxylic acids is 1. The first-order valence-electron chi connectivity index (χ1n) is 4.64. The van der Waals surface area contributed by atoms with Gasteiger partial charge >= 0.3 is 0 Å². The van der Waals surface area contributed by atoms with E-state index in [1.807, 2.05) is 0 Å². The van der Waals surface area contributed by atoms with E-state index in [1.165, 1.54) is 6.42 Å². The van der Waals surface area contributed by atoms with Crippen molar-refractivity contribution in [2.45, 2.75) is 19.8 Å². The van der Waals surface area contributed by atoms with E-state index in [0.29, 0.717) is 12.3 Å². The Hall–Kier alpha value is -0.410. The van der Waals surface area contributed by atoms with Crippen LogP contribution in [0.2, 0.25) is 0 Å². The van der Waals surface area contributed by atoms with Gasteiger partial charge in [0, 0.05) is 19.5 Å². The Labute approximate surface area is 73.9 Å². The fourth-order valence-electron chi connectivity index (χ4n) is 1.62. The lowest BCUT2D eigenvalue weighted by molar-refractivity contribution is -0.117. The van der Waals surface area contributed by atoms with Gasteiger partial charge in [-0.1, -0.05) is 0 Å². The molecule has 0 aromatic heterocycles. The summed E-state index contributed by atoms with van der Waals surface area (Å²) in [6, 6.07) is 0. The molecule has 1 unspecified atom stereocenters. The maximum Gasteiger partial charge on any atom is 0.131 e. The van der Waals surface area contributed by atoms with Crippen LogP contribution in [0.3, 0.4) is 0 Å². The van der Waals surface area contributed by atoms with Crippen LogP contribution in [0.15, 0.2) is 0 Å². The third kappa shape index (κ3) is 2.91. The summed E-state index contributed by atoms with van der Waals surface area (Å²) in [5, 5.41) is 0. The Balaban J connectivity index is 2.15. The quantitative estimate of drug-likeness (QED) is 0.657. The minimum absolute atomic E-state index is 0.284. The SMILES string of the molecule is CC(=O)CCN1CCC(CN)C1. The van der Waals surface area contributed by atoms with Gasteiger partial charge in [0.25, 0.3) is 0 Å². The fourth-order valence-corrected chi connectivity index (χ4v) is 1.62. The zero-order chi connectivity index (χ0) is 8.97. The molecule has 3 nitrogen and oxygen atoms in total. The Bertz CT molecular complexity index is 159. The first-order valence-corrected chi connectivity index (χ1v) is 4.64. The lowest BCUT2D eigenvalue weighted by atomic mass is 10.1. The van der Waals surface area contributed by atoms with E-state index in [1.54, 1.807) is 6.92 Å². The second kappa shape index (κ2) is 4.58. The van der Waals surface area contributed by atoms with Crippen LogP contribution >= 0.6 is 0 Å². The van der Waals surface area contributed by atoms with Gasteiger partial charge in [-0.2, -0.15) is 0 Å². The monoisotopic (exact) mass is 170 g/mol. The number of rotatable bonds is 4. The molecular weight excluding hydrogens is 152 g/mol. The topological polar surface area (TPSA) is 46.3 Å². The minimum Gasteiger partial charge on any atom is -0.330 e. The summed E-state index contributed by atoms with van der Waals surface area (Å²) < 4.78 is 0. The largest absolute Gasteiger partial charge is 0.330 e. The molecule has 0 amide bonds. The van der Waals surface area contributed by atoms with Crippen LogP contribution in [0.25, 0.3) is 0 Å². The molecule has 1 rings (SSSR count). The van der Waals surface area contributed by atoms with Crippen molar-refractivity contribution < 1.29 is 4.79 Å². The van der Waals surface area contributed by atoms with Gasteiger partial charge < -0.3 is 10.6 Å². The zero-order valence-electron chi connectivity index (χ0n) is 7.75. The van der Waals surface area contributed by atoms with E-state index < -0.39 is 0 Å². The summed E-state index contributed by atoms with van der Waals surface area (Å²) in [6.07, 6.45) is 1.89. The summed E-state index contributed by atoms with van der Waals surface area (Å²) in [6.45, 7) is 5.57. The number of hydrogen-bond acceptors (Lipinski definition) is 3. The first-order chi connectivity index (χ1) is 5.72. The molecular formula is C9H18N2O. The molecule has 1 aliphatic heterocycles. The normalized spacial score (nSPS) is 24.7. The molecule has 0 radical (unpaired) electrons. The number of nitrogens with zero attached hydrogens (tertiary/aromatic N) is 1. The summed E-state index contributed by atoms with van der Waals surface area (Å²) in [7, 11) is 0. The van der Waals surface area contributed by atoms with Crippen molar-refractivity contribution in [3.05, 3.63) is 0 Å². The second-order valence-corrected chi connectivity index (χ2v) is 3.64. The lowest BCUT2D eigenvalue weighted by Gasteiger charge is -2.13. The van der Waals surface area contributed by atoms with Crippen LogP contribution in [-0.2, 0) is 4.79 Å². The molecule has 1 heterocycles. The standard InChI is InChI=1S/C9H18N2O/c1-8(12)2-4-11-5-3-9(6-10)7-11/h9H,2-7,10H2,1H3. The maximum absolute atomic E-state index is 10.7. The van der Waals surface area contributed by atoms with E-state index in [0.717, 1.165) is 26.2 Å². The first kappa shape index (κ1) is 9.68. The second-order valence-electron chi connectivity index (χ2n) is 3.64.